The van der Waals surface area contributed by atoms with E-state index in [2.05, 4.69) is 31.9 Å². The number of rotatable bonds is 1. The van der Waals surface area contributed by atoms with Gasteiger partial charge in [0.1, 0.15) is 16.2 Å². The van der Waals surface area contributed by atoms with Crippen LogP contribution in [0.25, 0.3) is 0 Å². The number of thiophene rings is 1. The number of hydrogen-bond donors (Lipinski definition) is 1. The normalized spacial score (nSPS) is 21.9. The quantitative estimate of drug-likeness (QED) is 0.662. The third-order valence-corrected chi connectivity index (χ3v) is 6.15. The first-order valence-corrected chi connectivity index (χ1v) is 8.49. The van der Waals surface area contributed by atoms with Crippen molar-refractivity contribution in [2.24, 2.45) is 5.73 Å². The Morgan fingerprint density at radius 3 is 2.79 bits per heavy atom. The third kappa shape index (κ3) is 2.72. The molecule has 3 rings (SSSR count). The molecule has 0 bridgehead atoms. The summed E-state index contributed by atoms with van der Waals surface area (Å²) >= 11 is 14.5. The van der Waals surface area contributed by atoms with Crippen LogP contribution in [0, 0.1) is 0 Å². The fraction of sp³-hybridized carbons (Fsp3) is 0.231. The topological polar surface area (TPSA) is 35.2 Å². The number of benzene rings is 1. The molecule has 1 aliphatic rings. The van der Waals surface area contributed by atoms with E-state index in [1.165, 1.54) is 11.3 Å². The molecule has 0 saturated heterocycles. The summed E-state index contributed by atoms with van der Waals surface area (Å²) < 4.78 is 8.70. The second kappa shape index (κ2) is 5.37. The third-order valence-electron chi connectivity index (χ3n) is 3.09. The summed E-state index contributed by atoms with van der Waals surface area (Å²) in [5.74, 6) is 0.846. The molecule has 6 heteroatoms. The second-order valence-electron chi connectivity index (χ2n) is 4.40. The van der Waals surface area contributed by atoms with Crippen molar-refractivity contribution in [3.05, 3.63) is 48.0 Å². The van der Waals surface area contributed by atoms with Gasteiger partial charge in [-0.25, -0.2) is 0 Å². The standard InChI is InChI=1S/C13H10Br2ClNOS/c14-6-1-2-7-9(17)5-11(18-10(7)3-6)12-4-8(15)13(16)19-12/h1-4,9,11H,5,17H2/t9-,11?/m1/s1. The zero-order valence-electron chi connectivity index (χ0n) is 9.70. The van der Waals surface area contributed by atoms with E-state index in [0.29, 0.717) is 0 Å². The maximum atomic E-state index is 6.23. The van der Waals surface area contributed by atoms with E-state index in [-0.39, 0.29) is 12.1 Å². The minimum Gasteiger partial charge on any atom is -0.484 e. The van der Waals surface area contributed by atoms with Gasteiger partial charge in [0.15, 0.2) is 0 Å². The van der Waals surface area contributed by atoms with E-state index in [4.69, 9.17) is 22.1 Å². The minimum atomic E-state index is -0.0365. The highest BCUT2D eigenvalue weighted by atomic mass is 79.9. The van der Waals surface area contributed by atoms with Crippen LogP contribution in [0.15, 0.2) is 33.2 Å². The molecule has 0 saturated carbocycles. The molecule has 1 aromatic heterocycles. The Morgan fingerprint density at radius 1 is 1.32 bits per heavy atom. The summed E-state index contributed by atoms with van der Waals surface area (Å²) in [5, 5.41) is 0. The Kier molecular flexibility index (Phi) is 3.93. The molecule has 2 atom stereocenters. The Labute approximate surface area is 137 Å². The summed E-state index contributed by atoms with van der Waals surface area (Å²) in [5.41, 5.74) is 7.29. The van der Waals surface area contributed by atoms with Crippen LogP contribution in [-0.2, 0) is 0 Å². The molecule has 2 aromatic rings. The average molecular weight is 424 g/mol. The fourth-order valence-electron chi connectivity index (χ4n) is 2.17. The maximum absolute atomic E-state index is 6.23. The van der Waals surface area contributed by atoms with Crippen LogP contribution in [0.3, 0.4) is 0 Å². The number of ether oxygens (including phenoxy) is 1. The maximum Gasteiger partial charge on any atom is 0.135 e. The summed E-state index contributed by atoms with van der Waals surface area (Å²) in [7, 11) is 0. The lowest BCUT2D eigenvalue weighted by molar-refractivity contribution is 0.165. The Morgan fingerprint density at radius 2 is 2.11 bits per heavy atom. The van der Waals surface area contributed by atoms with Crippen LogP contribution in [-0.4, -0.2) is 0 Å². The summed E-state index contributed by atoms with van der Waals surface area (Å²) in [6, 6.07) is 7.96. The SMILES string of the molecule is N[C@@H]1CC(c2cc(Br)c(Cl)s2)Oc2cc(Br)ccc21. The van der Waals surface area contributed by atoms with Gasteiger partial charge in [-0.3, -0.25) is 0 Å². The van der Waals surface area contributed by atoms with Gasteiger partial charge < -0.3 is 10.5 Å². The first-order valence-electron chi connectivity index (χ1n) is 5.71. The summed E-state index contributed by atoms with van der Waals surface area (Å²) in [6.45, 7) is 0. The lowest BCUT2D eigenvalue weighted by Crippen LogP contribution is -2.23. The van der Waals surface area contributed by atoms with Crippen molar-refractivity contribution in [3.8, 4) is 5.75 Å². The Balaban J connectivity index is 1.96. The van der Waals surface area contributed by atoms with E-state index in [0.717, 1.165) is 35.9 Å². The van der Waals surface area contributed by atoms with Crippen molar-refractivity contribution in [2.75, 3.05) is 0 Å². The predicted octanol–water partition coefficient (Wildman–Crippen LogP) is 5.45. The molecule has 0 amide bonds. The smallest absolute Gasteiger partial charge is 0.135 e. The number of hydrogen-bond acceptors (Lipinski definition) is 3. The van der Waals surface area contributed by atoms with Crippen molar-refractivity contribution in [3.63, 3.8) is 0 Å². The lowest BCUT2D eigenvalue weighted by Gasteiger charge is -2.29. The van der Waals surface area contributed by atoms with Crippen molar-refractivity contribution < 1.29 is 4.74 Å². The van der Waals surface area contributed by atoms with Crippen molar-refractivity contribution in [2.45, 2.75) is 18.6 Å². The molecule has 0 fully saturated rings. The van der Waals surface area contributed by atoms with Gasteiger partial charge in [0.25, 0.3) is 0 Å². The van der Waals surface area contributed by atoms with Gasteiger partial charge >= 0.3 is 0 Å². The first-order chi connectivity index (χ1) is 9.04. The highest BCUT2D eigenvalue weighted by Crippen LogP contribution is 2.44. The summed E-state index contributed by atoms with van der Waals surface area (Å²) in [6.07, 6.45) is 0.725. The lowest BCUT2D eigenvalue weighted by atomic mass is 9.97. The molecule has 1 unspecified atom stereocenters. The van der Waals surface area contributed by atoms with Crippen molar-refractivity contribution in [1.29, 1.82) is 0 Å². The van der Waals surface area contributed by atoms with E-state index in [1.807, 2.05) is 24.3 Å². The van der Waals surface area contributed by atoms with Gasteiger partial charge in [-0.2, -0.15) is 0 Å². The number of halogens is 3. The van der Waals surface area contributed by atoms with E-state index in [1.54, 1.807) is 0 Å². The molecule has 100 valence electrons. The molecule has 2 N–H and O–H groups in total. The molecule has 1 aliphatic heterocycles. The van der Waals surface area contributed by atoms with E-state index >= 15 is 0 Å². The molecule has 0 spiro atoms. The average Bonchev–Trinajstić information content (AvgIpc) is 2.69. The molecule has 0 aliphatic carbocycles. The number of fused-ring (bicyclic) bond motifs is 1. The minimum absolute atomic E-state index is 0.0125. The van der Waals surface area contributed by atoms with Crippen LogP contribution >= 0.6 is 54.8 Å². The van der Waals surface area contributed by atoms with Gasteiger partial charge in [-0.15, -0.1) is 11.3 Å². The predicted molar refractivity (Wildman–Crippen MR) is 86.1 cm³/mol. The molecular formula is C13H10Br2ClNOS. The monoisotopic (exact) mass is 421 g/mol. The first kappa shape index (κ1) is 13.9. The highest BCUT2D eigenvalue weighted by Gasteiger charge is 2.28. The van der Waals surface area contributed by atoms with Crippen LogP contribution in [0.2, 0.25) is 4.34 Å². The van der Waals surface area contributed by atoms with Gasteiger partial charge in [-0.05, 0) is 34.1 Å². The zero-order valence-corrected chi connectivity index (χ0v) is 14.4. The van der Waals surface area contributed by atoms with Crippen LogP contribution in [0.1, 0.15) is 29.0 Å². The molecule has 2 heterocycles. The highest BCUT2D eigenvalue weighted by molar-refractivity contribution is 9.10. The molecule has 2 nitrogen and oxygen atoms in total. The van der Waals surface area contributed by atoms with Gasteiger partial charge in [0.05, 0.1) is 0 Å². The fourth-order valence-corrected chi connectivity index (χ4v) is 4.29. The molecule has 1 aromatic carbocycles. The van der Waals surface area contributed by atoms with Gasteiger partial charge in [0.2, 0.25) is 0 Å². The van der Waals surface area contributed by atoms with E-state index < -0.39 is 0 Å². The largest absolute Gasteiger partial charge is 0.484 e. The van der Waals surface area contributed by atoms with Crippen LogP contribution in [0.4, 0.5) is 0 Å². The Hall–Kier alpha value is -0.0700. The second-order valence-corrected chi connectivity index (χ2v) is 7.86. The van der Waals surface area contributed by atoms with Crippen LogP contribution in [0.5, 0.6) is 5.75 Å². The molecular weight excluding hydrogens is 413 g/mol. The van der Waals surface area contributed by atoms with E-state index in [9.17, 15) is 0 Å². The molecule has 19 heavy (non-hydrogen) atoms. The molecule has 0 radical (unpaired) electrons. The summed E-state index contributed by atoms with van der Waals surface area (Å²) in [4.78, 5) is 1.10. The number of nitrogens with two attached hydrogens (primary N) is 1. The van der Waals surface area contributed by atoms with Crippen LogP contribution < -0.4 is 10.5 Å². The van der Waals surface area contributed by atoms with Crippen molar-refractivity contribution in [1.82, 2.24) is 0 Å². The van der Waals surface area contributed by atoms with Gasteiger partial charge in [0, 0.05) is 31.8 Å². The zero-order chi connectivity index (χ0) is 13.6. The van der Waals surface area contributed by atoms with Crippen molar-refractivity contribution >= 4 is 54.8 Å². The van der Waals surface area contributed by atoms with Gasteiger partial charge in [-0.1, -0.05) is 33.6 Å². The Bertz CT molecular complexity index is 612.